The quantitative estimate of drug-likeness (QED) is 0.892. The average molecular weight is 237 g/mol. The molecule has 1 heterocycles. The Morgan fingerprint density at radius 1 is 1.06 bits per heavy atom. The molecule has 0 amide bonds. The number of aromatic nitrogens is 1. The van der Waals surface area contributed by atoms with E-state index < -0.39 is 11.6 Å². The van der Waals surface area contributed by atoms with Crippen molar-refractivity contribution in [3.05, 3.63) is 53.9 Å². The molecule has 2 rings (SSSR count). The van der Waals surface area contributed by atoms with Gasteiger partial charge in [0.15, 0.2) is 0 Å². The second-order valence-corrected chi connectivity index (χ2v) is 3.35. The van der Waals surface area contributed by atoms with Crippen LogP contribution in [0.1, 0.15) is 5.69 Å². The Balaban J connectivity index is 2.24. The molecule has 2 aromatic rings. The highest BCUT2D eigenvalue weighted by atomic mass is 19.1. The van der Waals surface area contributed by atoms with Gasteiger partial charge in [0.1, 0.15) is 23.1 Å². The first-order valence-electron chi connectivity index (χ1n) is 4.87. The number of nitrogens with zero attached hydrogens (tertiary/aromatic N) is 1. The zero-order valence-electron chi connectivity index (χ0n) is 8.73. The Bertz CT molecular complexity index is 511. The Hall–Kier alpha value is -2.01. The molecule has 88 valence electrons. The number of aliphatic hydroxyl groups excluding tert-OH is 1. The fourth-order valence-electron chi connectivity index (χ4n) is 1.33. The number of hydrogen-bond donors (Lipinski definition) is 1. The molecule has 0 aliphatic carbocycles. The average Bonchev–Trinajstić information content (AvgIpc) is 2.28. The first-order chi connectivity index (χ1) is 8.17. The molecular formula is C12H9F2NO2. The van der Waals surface area contributed by atoms with Crippen molar-refractivity contribution in [1.29, 1.82) is 0 Å². The van der Waals surface area contributed by atoms with Gasteiger partial charge < -0.3 is 9.84 Å². The van der Waals surface area contributed by atoms with Gasteiger partial charge in [-0.3, -0.25) is 4.98 Å². The van der Waals surface area contributed by atoms with Gasteiger partial charge in [0, 0.05) is 30.5 Å². The molecule has 17 heavy (non-hydrogen) atoms. The van der Waals surface area contributed by atoms with Crippen molar-refractivity contribution in [3.8, 4) is 11.5 Å². The highest BCUT2D eigenvalue weighted by Gasteiger charge is 2.03. The van der Waals surface area contributed by atoms with Crippen LogP contribution in [0.4, 0.5) is 8.78 Å². The summed E-state index contributed by atoms with van der Waals surface area (Å²) in [5.74, 6) is -1.01. The van der Waals surface area contributed by atoms with E-state index in [1.807, 2.05) is 0 Å². The maximum atomic E-state index is 12.9. The minimum atomic E-state index is -0.712. The molecule has 0 bridgehead atoms. The largest absolute Gasteiger partial charge is 0.457 e. The van der Waals surface area contributed by atoms with Gasteiger partial charge in [0.2, 0.25) is 0 Å². The number of halogens is 2. The molecule has 0 aliphatic rings. The third kappa shape index (κ3) is 2.98. The fraction of sp³-hybridized carbons (Fsp3) is 0.0833. The lowest BCUT2D eigenvalue weighted by molar-refractivity contribution is 0.276. The Morgan fingerprint density at radius 2 is 1.76 bits per heavy atom. The lowest BCUT2D eigenvalue weighted by Gasteiger charge is -2.06. The van der Waals surface area contributed by atoms with E-state index in [4.69, 9.17) is 9.84 Å². The van der Waals surface area contributed by atoms with E-state index in [0.29, 0.717) is 11.4 Å². The normalized spacial score (nSPS) is 10.3. The summed E-state index contributed by atoms with van der Waals surface area (Å²) in [6.07, 6.45) is 1.44. The van der Waals surface area contributed by atoms with Crippen molar-refractivity contribution in [3.63, 3.8) is 0 Å². The fourth-order valence-corrected chi connectivity index (χ4v) is 1.33. The molecule has 0 atom stereocenters. The number of aliphatic hydroxyl groups is 1. The standard InChI is InChI=1S/C12H9F2NO2/c13-8-3-9(14)5-12(4-8)17-11-1-2-15-10(6-11)7-16/h1-6,16H,7H2. The lowest BCUT2D eigenvalue weighted by atomic mass is 10.3. The van der Waals surface area contributed by atoms with Crippen molar-refractivity contribution in [2.75, 3.05) is 0 Å². The molecule has 0 fully saturated rings. The number of rotatable bonds is 3. The van der Waals surface area contributed by atoms with Crippen molar-refractivity contribution in [2.45, 2.75) is 6.61 Å². The van der Waals surface area contributed by atoms with Crippen molar-refractivity contribution in [1.82, 2.24) is 4.98 Å². The van der Waals surface area contributed by atoms with Crippen LogP contribution in [0.5, 0.6) is 11.5 Å². The summed E-state index contributed by atoms with van der Waals surface area (Å²) in [4.78, 5) is 3.86. The van der Waals surface area contributed by atoms with Crippen LogP contribution in [0.15, 0.2) is 36.5 Å². The highest BCUT2D eigenvalue weighted by Crippen LogP contribution is 2.23. The minimum Gasteiger partial charge on any atom is -0.457 e. The van der Waals surface area contributed by atoms with Gasteiger partial charge in [-0.2, -0.15) is 0 Å². The third-order valence-corrected chi connectivity index (χ3v) is 2.02. The van der Waals surface area contributed by atoms with E-state index in [-0.39, 0.29) is 12.4 Å². The van der Waals surface area contributed by atoms with Crippen LogP contribution in [0, 0.1) is 11.6 Å². The summed E-state index contributed by atoms with van der Waals surface area (Å²) in [6, 6.07) is 5.92. The Kier molecular flexibility index (Phi) is 3.30. The van der Waals surface area contributed by atoms with Gasteiger partial charge >= 0.3 is 0 Å². The summed E-state index contributed by atoms with van der Waals surface area (Å²) < 4.78 is 31.1. The molecule has 0 aliphatic heterocycles. The summed E-state index contributed by atoms with van der Waals surface area (Å²) in [5.41, 5.74) is 0.416. The molecule has 1 N–H and O–H groups in total. The van der Waals surface area contributed by atoms with E-state index in [1.54, 1.807) is 0 Å². The monoisotopic (exact) mass is 237 g/mol. The summed E-state index contributed by atoms with van der Waals surface area (Å²) in [5, 5.41) is 8.88. The minimum absolute atomic E-state index is 0.0533. The van der Waals surface area contributed by atoms with Crippen LogP contribution < -0.4 is 4.74 Å². The van der Waals surface area contributed by atoms with Gasteiger partial charge in [-0.15, -0.1) is 0 Å². The molecule has 0 saturated carbocycles. The predicted octanol–water partition coefficient (Wildman–Crippen LogP) is 2.64. The van der Waals surface area contributed by atoms with Crippen LogP contribution >= 0.6 is 0 Å². The van der Waals surface area contributed by atoms with E-state index in [2.05, 4.69) is 4.98 Å². The van der Waals surface area contributed by atoms with Crippen molar-refractivity contribution in [2.24, 2.45) is 0 Å². The van der Waals surface area contributed by atoms with Gasteiger partial charge in [0.05, 0.1) is 12.3 Å². The first-order valence-corrected chi connectivity index (χ1v) is 4.87. The molecule has 0 radical (unpaired) electrons. The van der Waals surface area contributed by atoms with Crippen LogP contribution in [-0.2, 0) is 6.61 Å². The van der Waals surface area contributed by atoms with Gasteiger partial charge in [0.25, 0.3) is 0 Å². The SMILES string of the molecule is OCc1cc(Oc2cc(F)cc(F)c2)ccn1. The maximum Gasteiger partial charge on any atom is 0.133 e. The maximum absolute atomic E-state index is 12.9. The third-order valence-electron chi connectivity index (χ3n) is 2.02. The molecule has 5 heteroatoms. The van der Waals surface area contributed by atoms with Crippen LogP contribution in [0.2, 0.25) is 0 Å². The number of benzene rings is 1. The zero-order valence-corrected chi connectivity index (χ0v) is 8.73. The van der Waals surface area contributed by atoms with E-state index >= 15 is 0 Å². The van der Waals surface area contributed by atoms with E-state index in [9.17, 15) is 8.78 Å². The second-order valence-electron chi connectivity index (χ2n) is 3.35. The second kappa shape index (κ2) is 4.88. The molecule has 0 saturated heterocycles. The predicted molar refractivity (Wildman–Crippen MR) is 56.6 cm³/mol. The number of hydrogen-bond acceptors (Lipinski definition) is 3. The van der Waals surface area contributed by atoms with Gasteiger partial charge in [-0.1, -0.05) is 0 Å². The molecule has 1 aromatic carbocycles. The molecule has 1 aromatic heterocycles. The summed E-state index contributed by atoms with van der Waals surface area (Å²) in [6.45, 7) is -0.227. The van der Waals surface area contributed by atoms with E-state index in [0.717, 1.165) is 18.2 Å². The van der Waals surface area contributed by atoms with Gasteiger partial charge in [-0.25, -0.2) is 8.78 Å². The number of pyridine rings is 1. The van der Waals surface area contributed by atoms with Crippen LogP contribution in [0.3, 0.4) is 0 Å². The Morgan fingerprint density at radius 3 is 2.41 bits per heavy atom. The molecule has 3 nitrogen and oxygen atoms in total. The molecular weight excluding hydrogens is 228 g/mol. The summed E-state index contributed by atoms with van der Waals surface area (Å²) in [7, 11) is 0. The smallest absolute Gasteiger partial charge is 0.133 e. The zero-order chi connectivity index (χ0) is 12.3. The van der Waals surface area contributed by atoms with Crippen molar-refractivity contribution >= 4 is 0 Å². The van der Waals surface area contributed by atoms with Crippen LogP contribution in [-0.4, -0.2) is 10.1 Å². The summed E-state index contributed by atoms with van der Waals surface area (Å²) >= 11 is 0. The van der Waals surface area contributed by atoms with Crippen molar-refractivity contribution < 1.29 is 18.6 Å². The van der Waals surface area contributed by atoms with Crippen LogP contribution in [0.25, 0.3) is 0 Å². The molecule has 0 unspecified atom stereocenters. The lowest BCUT2D eigenvalue weighted by Crippen LogP contribution is -1.91. The first kappa shape index (κ1) is 11.5. The number of ether oxygens (including phenoxy) is 1. The van der Waals surface area contributed by atoms with E-state index in [1.165, 1.54) is 18.3 Å². The van der Waals surface area contributed by atoms with Gasteiger partial charge in [-0.05, 0) is 6.07 Å². The Labute approximate surface area is 96.3 Å². The molecule has 0 spiro atoms. The highest BCUT2D eigenvalue weighted by molar-refractivity contribution is 5.31. The topological polar surface area (TPSA) is 42.4 Å².